The van der Waals surface area contributed by atoms with E-state index in [4.69, 9.17) is 0 Å². The average Bonchev–Trinajstić information content (AvgIpc) is 4.01. The molecule has 0 spiro atoms. The summed E-state index contributed by atoms with van der Waals surface area (Å²) in [5.74, 6) is 3.11. The van der Waals surface area contributed by atoms with Crippen LogP contribution in [-0.4, -0.2) is 31.0 Å². The number of aromatic nitrogens is 4. The highest BCUT2D eigenvalue weighted by molar-refractivity contribution is 5.87. The van der Waals surface area contributed by atoms with Gasteiger partial charge >= 0.3 is 5.97 Å². The molecule has 51 heavy (non-hydrogen) atoms. The van der Waals surface area contributed by atoms with Crippen LogP contribution in [-0.2, 0) is 0 Å². The van der Waals surface area contributed by atoms with Gasteiger partial charge in [-0.2, -0.15) is 0 Å². The SMILES string of the molecule is O=C(O)c1ccc([C+]2c3ccc([nH]3)[C+](c3ccccc3)c3ccc([nH]3)[C+](c3ccccc3)c3ccc([nH]3)[C+](c3ccccc3)c3ccc2[nH]3)cc1. The molecular weight excluding hydrogens is 629 g/mol. The second-order valence-corrected chi connectivity index (χ2v) is 12.6. The minimum absolute atomic E-state index is 0.239. The Morgan fingerprint density at radius 1 is 0.333 bits per heavy atom. The highest BCUT2D eigenvalue weighted by Gasteiger charge is 2.37. The third-order valence-electron chi connectivity index (χ3n) is 9.51. The Morgan fingerprint density at radius 3 is 0.804 bits per heavy atom. The number of rotatable bonds is 5. The molecule has 5 heterocycles. The molecule has 0 aliphatic carbocycles. The van der Waals surface area contributed by atoms with Crippen molar-refractivity contribution in [3.63, 3.8) is 0 Å². The highest BCUT2D eigenvalue weighted by Crippen LogP contribution is 2.40. The van der Waals surface area contributed by atoms with E-state index in [1.54, 1.807) is 12.1 Å². The molecule has 0 saturated carbocycles. The fraction of sp³-hybridized carbons (Fsp3) is 0. The van der Waals surface area contributed by atoms with Gasteiger partial charge < -0.3 is 25.0 Å². The minimum Gasteiger partial charge on any atom is -0.478 e. The summed E-state index contributed by atoms with van der Waals surface area (Å²) in [7, 11) is 0. The van der Waals surface area contributed by atoms with E-state index < -0.39 is 5.97 Å². The van der Waals surface area contributed by atoms with E-state index in [0.29, 0.717) is 0 Å². The largest absolute Gasteiger partial charge is 0.478 e. The number of H-pyrrole nitrogens is 4. The molecule has 0 radical (unpaired) electrons. The number of carboxylic acids is 1. The number of nitrogens with one attached hydrogen (secondary N) is 4. The van der Waals surface area contributed by atoms with Crippen LogP contribution in [0, 0.1) is 23.7 Å². The number of aromatic carboxylic acids is 1. The summed E-state index contributed by atoms with van der Waals surface area (Å²) in [6.45, 7) is 0. The molecule has 5 N–H and O–H groups in total. The van der Waals surface area contributed by atoms with Crippen LogP contribution in [0.4, 0.5) is 0 Å². The first kappa shape index (κ1) is 30.0. The second kappa shape index (κ2) is 12.4. The molecule has 4 aromatic heterocycles. The standard InChI is InChI=1S/C45H31N4O2/c50-45(51)32-18-16-31(17-19-32)44-39-26-24-37(48-39)42(29-12-6-2-7-13-29)35-22-20-33(46-35)41(28-10-4-1-5-11-28)34-21-23-36(47-34)43(30-14-8-3-9-15-30)38-25-27-40(44)49-38/h1-27,46-49H/q+3/p+1. The van der Waals surface area contributed by atoms with Crippen molar-refractivity contribution < 1.29 is 9.90 Å². The lowest BCUT2D eigenvalue weighted by molar-refractivity contribution is 0.0697. The zero-order valence-corrected chi connectivity index (χ0v) is 27.4. The summed E-state index contributed by atoms with van der Waals surface area (Å²) in [5, 5.41) is 9.65. The van der Waals surface area contributed by atoms with Crippen LogP contribution in [0.3, 0.4) is 0 Å². The van der Waals surface area contributed by atoms with Gasteiger partial charge in [0.1, 0.15) is 69.2 Å². The number of hydrogen-bond acceptors (Lipinski definition) is 1. The Morgan fingerprint density at radius 2 is 0.569 bits per heavy atom. The van der Waals surface area contributed by atoms with Gasteiger partial charge in [-0.25, -0.2) is 4.79 Å². The predicted octanol–water partition coefficient (Wildman–Crippen LogP) is 9.09. The topological polar surface area (TPSA) is 100 Å². The third-order valence-corrected chi connectivity index (χ3v) is 9.51. The zero-order valence-electron chi connectivity index (χ0n) is 27.4. The zero-order chi connectivity index (χ0) is 34.3. The lowest BCUT2D eigenvalue weighted by Gasteiger charge is -2.13. The van der Waals surface area contributed by atoms with Crippen LogP contribution >= 0.6 is 0 Å². The van der Waals surface area contributed by atoms with E-state index >= 15 is 0 Å². The van der Waals surface area contributed by atoms with Gasteiger partial charge in [-0.3, -0.25) is 0 Å². The number of aromatic amines is 4. The maximum atomic E-state index is 11.8. The normalized spacial score (nSPS) is 12.7. The molecule has 6 heteroatoms. The summed E-state index contributed by atoms with van der Waals surface area (Å²) in [6.07, 6.45) is 0. The van der Waals surface area contributed by atoms with E-state index in [0.717, 1.165) is 91.5 Å². The highest BCUT2D eigenvalue weighted by atomic mass is 16.4. The van der Waals surface area contributed by atoms with Crippen molar-refractivity contribution >= 4 is 5.97 Å². The van der Waals surface area contributed by atoms with E-state index in [9.17, 15) is 9.90 Å². The first-order chi connectivity index (χ1) is 25.1. The second-order valence-electron chi connectivity index (χ2n) is 12.6. The number of hydrogen-bond donors (Lipinski definition) is 5. The Bertz CT molecular complexity index is 2290. The van der Waals surface area contributed by atoms with Gasteiger partial charge in [0.15, 0.2) is 0 Å². The maximum absolute atomic E-state index is 11.8. The van der Waals surface area contributed by atoms with Crippen LogP contribution in [0.1, 0.15) is 78.2 Å². The molecule has 8 aromatic rings. The fourth-order valence-corrected chi connectivity index (χ4v) is 7.17. The summed E-state index contributed by atoms with van der Waals surface area (Å²) in [6, 6.07) is 55.4. The van der Waals surface area contributed by atoms with Crippen LogP contribution in [0.2, 0.25) is 0 Å². The van der Waals surface area contributed by atoms with Crippen molar-refractivity contribution in [2.24, 2.45) is 0 Å². The number of fused-ring (bicyclic) bond motifs is 8. The van der Waals surface area contributed by atoms with Crippen LogP contribution < -0.4 is 0 Å². The summed E-state index contributed by atoms with van der Waals surface area (Å²) in [4.78, 5) is 26.9. The number of carbonyl (C=O) groups is 1. The van der Waals surface area contributed by atoms with E-state index in [1.165, 1.54) is 0 Å². The predicted molar refractivity (Wildman–Crippen MR) is 198 cm³/mol. The fourth-order valence-electron chi connectivity index (χ4n) is 7.17. The molecule has 0 unspecified atom stereocenters. The summed E-state index contributed by atoms with van der Waals surface area (Å²) in [5.41, 5.74) is 12.0. The van der Waals surface area contributed by atoms with Crippen molar-refractivity contribution in [3.8, 4) is 0 Å². The lowest BCUT2D eigenvalue weighted by Crippen LogP contribution is -2.12. The molecule has 1 aliphatic heterocycles. The van der Waals surface area contributed by atoms with E-state index in [-0.39, 0.29) is 5.56 Å². The van der Waals surface area contributed by atoms with Gasteiger partial charge in [0, 0.05) is 48.5 Å². The number of carboxylic acid groups (broad SMARTS) is 1. The molecule has 9 rings (SSSR count). The molecule has 0 saturated heterocycles. The maximum Gasteiger partial charge on any atom is 0.337 e. The van der Waals surface area contributed by atoms with Gasteiger partial charge in [-0.05, 0) is 66.7 Å². The van der Waals surface area contributed by atoms with Gasteiger partial charge in [0.2, 0.25) is 0 Å². The van der Waals surface area contributed by atoms with Crippen LogP contribution in [0.15, 0.2) is 164 Å². The molecule has 8 bridgehead atoms. The molecule has 240 valence electrons. The minimum atomic E-state index is -0.957. The van der Waals surface area contributed by atoms with E-state index in [1.807, 2.05) is 30.3 Å². The molecule has 0 amide bonds. The average molecular weight is 661 g/mol. The smallest absolute Gasteiger partial charge is 0.337 e. The van der Waals surface area contributed by atoms with Crippen molar-refractivity contribution in [2.75, 3.05) is 0 Å². The van der Waals surface area contributed by atoms with Gasteiger partial charge in [-0.15, -0.1) is 0 Å². The number of benzene rings is 4. The lowest BCUT2D eigenvalue weighted by atomic mass is 9.92. The molecule has 0 fully saturated rings. The first-order valence-electron chi connectivity index (χ1n) is 16.9. The summed E-state index contributed by atoms with van der Waals surface area (Å²) < 4.78 is 0. The Kier molecular flexibility index (Phi) is 7.33. The Hall–Kier alpha value is -7.05. The Labute approximate surface area is 295 Å². The van der Waals surface area contributed by atoms with Crippen molar-refractivity contribution in [1.82, 2.24) is 19.9 Å². The first-order valence-corrected chi connectivity index (χ1v) is 16.9. The molecule has 6 nitrogen and oxygen atoms in total. The monoisotopic (exact) mass is 660 g/mol. The molecule has 1 aliphatic rings. The Balaban J connectivity index is 1.28. The molecule has 4 aromatic carbocycles. The quantitative estimate of drug-likeness (QED) is 0.119. The van der Waals surface area contributed by atoms with Crippen molar-refractivity contribution in [1.29, 1.82) is 0 Å². The summed E-state index contributed by atoms with van der Waals surface area (Å²) >= 11 is 0. The van der Waals surface area contributed by atoms with Gasteiger partial charge in [0.05, 0.1) is 76.3 Å². The molecular formula is C45H32N4O2+4. The van der Waals surface area contributed by atoms with Crippen LogP contribution in [0.25, 0.3) is 0 Å². The van der Waals surface area contributed by atoms with Gasteiger partial charge in [0.25, 0.3) is 0 Å². The third kappa shape index (κ3) is 5.45. The van der Waals surface area contributed by atoms with Crippen LogP contribution in [0.5, 0.6) is 0 Å². The molecule has 0 atom stereocenters. The van der Waals surface area contributed by atoms with Crippen molar-refractivity contribution in [2.45, 2.75) is 0 Å². The van der Waals surface area contributed by atoms with Crippen molar-refractivity contribution in [3.05, 3.63) is 261 Å². The van der Waals surface area contributed by atoms with E-state index in [2.05, 4.69) is 141 Å². The van der Waals surface area contributed by atoms with Gasteiger partial charge in [-0.1, -0.05) is 0 Å².